The van der Waals surface area contributed by atoms with Crippen LogP contribution in [0.1, 0.15) is 29.6 Å². The molecule has 0 bridgehead atoms. The Hall–Kier alpha value is -2.24. The van der Waals surface area contributed by atoms with Gasteiger partial charge in [0.05, 0.1) is 26.4 Å². The number of benzene rings is 1. The quantitative estimate of drug-likeness (QED) is 0.552. The number of hydrogen-bond acceptors (Lipinski definition) is 5. The molecule has 0 fully saturated rings. The van der Waals surface area contributed by atoms with Gasteiger partial charge in [-0.15, -0.1) is 0 Å². The zero-order valence-corrected chi connectivity index (χ0v) is 11.5. The van der Waals surface area contributed by atoms with Crippen molar-refractivity contribution in [3.05, 3.63) is 17.7 Å². The van der Waals surface area contributed by atoms with Crippen LogP contribution in [0.3, 0.4) is 0 Å². The minimum absolute atomic E-state index is 0.119. The number of carboxylic acid groups (broad SMARTS) is 1. The Morgan fingerprint density at radius 3 is 2.45 bits per heavy atom. The van der Waals surface area contributed by atoms with Gasteiger partial charge in [-0.05, 0) is 25.0 Å². The summed E-state index contributed by atoms with van der Waals surface area (Å²) in [5.74, 6) is 0.325. The summed E-state index contributed by atoms with van der Waals surface area (Å²) in [6.07, 6.45) is 1.96. The number of aliphatic carboxylic acids is 1. The molecule has 0 saturated carbocycles. The number of aldehydes is 1. The fraction of sp³-hybridized carbons (Fsp3) is 0.429. The average Bonchev–Trinajstić information content (AvgIpc) is 2.45. The first-order chi connectivity index (χ1) is 9.63. The van der Waals surface area contributed by atoms with Crippen molar-refractivity contribution in [2.24, 2.45) is 0 Å². The van der Waals surface area contributed by atoms with E-state index in [1.165, 1.54) is 14.2 Å². The van der Waals surface area contributed by atoms with Crippen LogP contribution in [0.2, 0.25) is 0 Å². The van der Waals surface area contributed by atoms with Crippen LogP contribution in [0.25, 0.3) is 0 Å². The Bertz CT molecular complexity index is 469. The number of rotatable bonds is 9. The molecule has 0 aliphatic rings. The van der Waals surface area contributed by atoms with Gasteiger partial charge in [-0.2, -0.15) is 0 Å². The van der Waals surface area contributed by atoms with Crippen molar-refractivity contribution in [3.8, 4) is 17.2 Å². The third kappa shape index (κ3) is 4.15. The fourth-order valence-corrected chi connectivity index (χ4v) is 1.73. The van der Waals surface area contributed by atoms with Crippen LogP contribution in [0.4, 0.5) is 0 Å². The third-order valence-corrected chi connectivity index (χ3v) is 2.68. The molecule has 0 heterocycles. The van der Waals surface area contributed by atoms with Gasteiger partial charge in [0, 0.05) is 6.42 Å². The van der Waals surface area contributed by atoms with Crippen molar-refractivity contribution in [1.29, 1.82) is 0 Å². The topological polar surface area (TPSA) is 82.1 Å². The number of carbonyl (C=O) groups is 2. The SMILES string of the molecule is COc1c(C=O)ccc(OCCCCC(=O)O)c1OC. The Morgan fingerprint density at radius 1 is 1.20 bits per heavy atom. The van der Waals surface area contributed by atoms with E-state index in [0.717, 1.165) is 0 Å². The number of hydrogen-bond donors (Lipinski definition) is 1. The van der Waals surface area contributed by atoms with Gasteiger partial charge in [-0.25, -0.2) is 0 Å². The number of carboxylic acids is 1. The summed E-state index contributed by atoms with van der Waals surface area (Å²) >= 11 is 0. The molecule has 0 radical (unpaired) electrons. The highest BCUT2D eigenvalue weighted by molar-refractivity contribution is 5.82. The highest BCUT2D eigenvalue weighted by Gasteiger charge is 2.15. The van der Waals surface area contributed by atoms with Crippen LogP contribution >= 0.6 is 0 Å². The molecular weight excluding hydrogens is 264 g/mol. The summed E-state index contributed by atoms with van der Waals surface area (Å²) in [5.41, 5.74) is 0.377. The molecule has 1 N–H and O–H groups in total. The third-order valence-electron chi connectivity index (χ3n) is 2.68. The van der Waals surface area contributed by atoms with Gasteiger partial charge in [0.25, 0.3) is 0 Å². The Kier molecular flexibility index (Phi) is 6.36. The van der Waals surface area contributed by atoms with Gasteiger partial charge in [-0.3, -0.25) is 9.59 Å². The van der Waals surface area contributed by atoms with E-state index < -0.39 is 5.97 Å². The van der Waals surface area contributed by atoms with Crippen molar-refractivity contribution >= 4 is 12.3 Å². The second kappa shape index (κ2) is 8.04. The average molecular weight is 282 g/mol. The summed E-state index contributed by atoms with van der Waals surface area (Å²) in [6, 6.07) is 3.21. The molecule has 6 heteroatoms. The highest BCUT2D eigenvalue weighted by atomic mass is 16.5. The van der Waals surface area contributed by atoms with Crippen LogP contribution in [-0.2, 0) is 4.79 Å². The second-order valence-corrected chi connectivity index (χ2v) is 4.04. The lowest BCUT2D eigenvalue weighted by molar-refractivity contribution is -0.137. The van der Waals surface area contributed by atoms with E-state index in [9.17, 15) is 9.59 Å². The summed E-state index contributed by atoms with van der Waals surface area (Å²) in [4.78, 5) is 21.3. The van der Waals surface area contributed by atoms with E-state index in [2.05, 4.69) is 0 Å². The van der Waals surface area contributed by atoms with Gasteiger partial charge < -0.3 is 19.3 Å². The standard InChI is InChI=1S/C14H18O6/c1-18-13-10(9-15)6-7-11(14(13)19-2)20-8-4-3-5-12(16)17/h6-7,9H,3-5,8H2,1-2H3,(H,16,17). The number of unbranched alkanes of at least 4 members (excludes halogenated alkanes) is 1. The van der Waals surface area contributed by atoms with Gasteiger partial charge >= 0.3 is 5.97 Å². The van der Waals surface area contributed by atoms with Crippen molar-refractivity contribution in [3.63, 3.8) is 0 Å². The smallest absolute Gasteiger partial charge is 0.303 e. The molecule has 0 spiro atoms. The van der Waals surface area contributed by atoms with Crippen molar-refractivity contribution in [2.75, 3.05) is 20.8 Å². The van der Waals surface area contributed by atoms with Crippen LogP contribution in [0.5, 0.6) is 17.2 Å². The normalized spacial score (nSPS) is 9.90. The van der Waals surface area contributed by atoms with Crippen molar-refractivity contribution in [2.45, 2.75) is 19.3 Å². The molecule has 0 amide bonds. The highest BCUT2D eigenvalue weighted by Crippen LogP contribution is 2.39. The van der Waals surface area contributed by atoms with Gasteiger partial charge in [-0.1, -0.05) is 0 Å². The molecule has 0 unspecified atom stereocenters. The zero-order chi connectivity index (χ0) is 15.0. The largest absolute Gasteiger partial charge is 0.492 e. The molecule has 0 saturated heterocycles. The maximum atomic E-state index is 10.9. The minimum Gasteiger partial charge on any atom is -0.492 e. The Balaban J connectivity index is 2.70. The van der Waals surface area contributed by atoms with E-state index >= 15 is 0 Å². The van der Waals surface area contributed by atoms with Gasteiger partial charge in [0.2, 0.25) is 5.75 Å². The monoisotopic (exact) mass is 282 g/mol. The van der Waals surface area contributed by atoms with E-state index in [4.69, 9.17) is 19.3 Å². The lowest BCUT2D eigenvalue weighted by atomic mass is 10.2. The molecule has 6 nitrogen and oxygen atoms in total. The second-order valence-electron chi connectivity index (χ2n) is 4.04. The molecule has 1 aromatic carbocycles. The number of carbonyl (C=O) groups excluding carboxylic acids is 1. The molecule has 0 aromatic heterocycles. The fourth-order valence-electron chi connectivity index (χ4n) is 1.73. The lowest BCUT2D eigenvalue weighted by Crippen LogP contribution is -2.03. The summed E-state index contributed by atoms with van der Waals surface area (Å²) in [7, 11) is 2.91. The molecule has 0 aliphatic carbocycles. The van der Waals surface area contributed by atoms with Crippen LogP contribution in [0, 0.1) is 0 Å². The van der Waals surface area contributed by atoms with E-state index in [0.29, 0.717) is 48.5 Å². The number of ether oxygens (including phenoxy) is 3. The first-order valence-electron chi connectivity index (χ1n) is 6.18. The Morgan fingerprint density at radius 2 is 1.90 bits per heavy atom. The molecular formula is C14H18O6. The van der Waals surface area contributed by atoms with Crippen molar-refractivity contribution < 1.29 is 28.9 Å². The van der Waals surface area contributed by atoms with Gasteiger partial charge in [0.15, 0.2) is 17.8 Å². The van der Waals surface area contributed by atoms with Crippen LogP contribution < -0.4 is 14.2 Å². The maximum absolute atomic E-state index is 10.9. The van der Waals surface area contributed by atoms with E-state index in [-0.39, 0.29) is 6.42 Å². The molecule has 1 aromatic rings. The van der Waals surface area contributed by atoms with Crippen molar-refractivity contribution in [1.82, 2.24) is 0 Å². The molecule has 0 atom stereocenters. The van der Waals surface area contributed by atoms with Gasteiger partial charge in [0.1, 0.15) is 0 Å². The minimum atomic E-state index is -0.820. The maximum Gasteiger partial charge on any atom is 0.303 e. The first kappa shape index (κ1) is 15.8. The summed E-state index contributed by atoms with van der Waals surface area (Å²) < 4.78 is 15.9. The first-order valence-corrected chi connectivity index (χ1v) is 6.18. The van der Waals surface area contributed by atoms with E-state index in [1.807, 2.05) is 0 Å². The predicted octanol–water partition coefficient (Wildman–Crippen LogP) is 2.15. The summed E-state index contributed by atoms with van der Waals surface area (Å²) in [5, 5.41) is 8.53. The molecule has 20 heavy (non-hydrogen) atoms. The molecule has 1 rings (SSSR count). The van der Waals surface area contributed by atoms with Crippen LogP contribution in [0.15, 0.2) is 12.1 Å². The number of methoxy groups -OCH3 is 2. The lowest BCUT2D eigenvalue weighted by Gasteiger charge is -2.14. The van der Waals surface area contributed by atoms with E-state index in [1.54, 1.807) is 12.1 Å². The summed E-state index contributed by atoms with van der Waals surface area (Å²) in [6.45, 7) is 0.368. The van der Waals surface area contributed by atoms with Crippen LogP contribution in [-0.4, -0.2) is 38.2 Å². The predicted molar refractivity (Wildman–Crippen MR) is 71.9 cm³/mol. The Labute approximate surface area is 117 Å². The molecule has 0 aliphatic heterocycles. The molecule has 110 valence electrons. The zero-order valence-electron chi connectivity index (χ0n) is 11.5.